The molecule has 0 rings (SSSR count). The van der Waals surface area contributed by atoms with E-state index in [1.54, 1.807) is 0 Å². The van der Waals surface area contributed by atoms with Crippen LogP contribution >= 0.6 is 12.4 Å². The summed E-state index contributed by atoms with van der Waals surface area (Å²) in [5, 5.41) is 0. The molecule has 4 nitrogen and oxygen atoms in total. The Bertz CT molecular complexity index is 167. The maximum Gasteiger partial charge on any atom is 0.330 e. The smallest absolute Gasteiger partial charge is 0.330 e. The molecular weight excluding hydrogens is 204 g/mol. The molecule has 0 fully saturated rings. The number of halogens is 1. The Balaban J connectivity index is -0.000000605. The summed E-state index contributed by atoms with van der Waals surface area (Å²) in [6.07, 6.45) is 2.08. The average molecular weight is 226 g/mol. The fourth-order valence-corrected chi connectivity index (χ4v) is 0.771. The third-order valence-electron chi connectivity index (χ3n) is 1.38. The van der Waals surface area contributed by atoms with E-state index < -0.39 is 0 Å². The molecule has 0 bridgehead atoms. The molecule has 0 radical (unpaired) electrons. The van der Waals surface area contributed by atoms with E-state index >= 15 is 0 Å². The Morgan fingerprint density at radius 3 is 2.29 bits per heavy atom. The molecule has 0 aromatic heterocycles. The van der Waals surface area contributed by atoms with Gasteiger partial charge >= 0.3 is 5.97 Å². The highest BCUT2D eigenvalue weighted by atomic mass is 35.5. The summed E-state index contributed by atoms with van der Waals surface area (Å²) in [7, 11) is 6.32. The number of rotatable bonds is 5. The largest absolute Gasteiger partial charge is 0.462 e. The minimum absolute atomic E-state index is 0. The zero-order chi connectivity index (χ0) is 9.61. The standard InChI is InChI=1S/C9H18NO2.ClH.H3N/c1-5-9(11)12-8-6-7-10(2,3)4;;/h5H,1,6-8H2,2-4H3;1H;1H3/q+1;;. The first-order valence-corrected chi connectivity index (χ1v) is 4.05. The second-order valence-electron chi connectivity index (χ2n) is 3.74. The number of hydrogen-bond donors (Lipinski definition) is 1. The van der Waals surface area contributed by atoms with Crippen molar-refractivity contribution < 1.29 is 14.0 Å². The average Bonchev–Trinajstić information content (AvgIpc) is 1.96. The predicted molar refractivity (Wildman–Crippen MR) is 60.9 cm³/mol. The number of carbonyl (C=O) groups excluding carboxylic acids is 1. The van der Waals surface area contributed by atoms with Gasteiger partial charge in [-0.15, -0.1) is 12.4 Å². The van der Waals surface area contributed by atoms with E-state index in [2.05, 4.69) is 27.7 Å². The molecule has 86 valence electrons. The van der Waals surface area contributed by atoms with E-state index in [1.807, 2.05) is 0 Å². The maximum atomic E-state index is 10.6. The van der Waals surface area contributed by atoms with Gasteiger partial charge in [-0.25, -0.2) is 4.79 Å². The Morgan fingerprint density at radius 1 is 1.43 bits per heavy atom. The van der Waals surface area contributed by atoms with E-state index in [1.165, 1.54) is 6.08 Å². The van der Waals surface area contributed by atoms with Gasteiger partial charge in [-0.2, -0.15) is 0 Å². The van der Waals surface area contributed by atoms with Crippen LogP contribution in [0.4, 0.5) is 0 Å². The molecule has 14 heavy (non-hydrogen) atoms. The number of ether oxygens (including phenoxy) is 1. The zero-order valence-electron chi connectivity index (χ0n) is 9.28. The van der Waals surface area contributed by atoms with Crippen LogP contribution in [0.5, 0.6) is 0 Å². The van der Waals surface area contributed by atoms with Gasteiger partial charge < -0.3 is 15.4 Å². The molecule has 0 spiro atoms. The van der Waals surface area contributed by atoms with Gasteiger partial charge in [-0.05, 0) is 0 Å². The minimum Gasteiger partial charge on any atom is -0.462 e. The van der Waals surface area contributed by atoms with E-state index in [0.717, 1.165) is 17.4 Å². The molecule has 0 saturated carbocycles. The van der Waals surface area contributed by atoms with E-state index in [0.29, 0.717) is 6.61 Å². The van der Waals surface area contributed by atoms with Crippen molar-refractivity contribution in [2.24, 2.45) is 0 Å². The SMILES string of the molecule is C=CC(=O)OCCC[N+](C)(C)C.Cl.N. The summed E-state index contributed by atoms with van der Waals surface area (Å²) in [4.78, 5) is 10.6. The normalized spacial score (nSPS) is 9.36. The van der Waals surface area contributed by atoms with E-state index in [4.69, 9.17) is 4.74 Å². The first-order chi connectivity index (χ1) is 5.45. The van der Waals surface area contributed by atoms with E-state index in [-0.39, 0.29) is 24.5 Å². The lowest BCUT2D eigenvalue weighted by Crippen LogP contribution is -2.35. The van der Waals surface area contributed by atoms with Crippen molar-refractivity contribution in [2.75, 3.05) is 34.3 Å². The molecule has 0 amide bonds. The highest BCUT2D eigenvalue weighted by Gasteiger charge is 2.06. The summed E-state index contributed by atoms with van der Waals surface area (Å²) < 4.78 is 5.71. The molecule has 0 aliphatic heterocycles. The van der Waals surface area contributed by atoms with Gasteiger partial charge in [0.1, 0.15) is 0 Å². The van der Waals surface area contributed by atoms with Crippen LogP contribution in [0, 0.1) is 0 Å². The Morgan fingerprint density at radius 2 is 1.93 bits per heavy atom. The topological polar surface area (TPSA) is 61.3 Å². The van der Waals surface area contributed by atoms with Crippen molar-refractivity contribution in [2.45, 2.75) is 6.42 Å². The molecule has 5 heteroatoms. The second kappa shape index (κ2) is 8.99. The van der Waals surface area contributed by atoms with Crippen molar-refractivity contribution in [1.29, 1.82) is 0 Å². The first-order valence-electron chi connectivity index (χ1n) is 4.05. The van der Waals surface area contributed by atoms with Crippen LogP contribution in [0.3, 0.4) is 0 Å². The van der Waals surface area contributed by atoms with E-state index in [9.17, 15) is 4.79 Å². The summed E-state index contributed by atoms with van der Waals surface area (Å²) in [6, 6.07) is 0. The number of hydrogen-bond acceptors (Lipinski definition) is 3. The predicted octanol–water partition coefficient (Wildman–Crippen LogP) is 1.40. The van der Waals surface area contributed by atoms with Crippen molar-refractivity contribution in [1.82, 2.24) is 6.15 Å². The quantitative estimate of drug-likeness (QED) is 0.333. The molecule has 0 saturated heterocycles. The second-order valence-corrected chi connectivity index (χ2v) is 3.74. The van der Waals surface area contributed by atoms with Crippen LogP contribution in [-0.2, 0) is 9.53 Å². The maximum absolute atomic E-state index is 10.6. The first kappa shape index (κ1) is 19.1. The van der Waals surface area contributed by atoms with Gasteiger partial charge in [0.25, 0.3) is 0 Å². The van der Waals surface area contributed by atoms with Crippen molar-refractivity contribution in [3.05, 3.63) is 12.7 Å². The number of quaternary nitrogens is 1. The Hall–Kier alpha value is -0.580. The minimum atomic E-state index is -0.337. The molecule has 0 aliphatic rings. The summed E-state index contributed by atoms with van der Waals surface area (Å²) >= 11 is 0. The van der Waals surface area contributed by atoms with Gasteiger partial charge in [-0.1, -0.05) is 6.58 Å². The van der Waals surface area contributed by atoms with Crippen LogP contribution in [0.15, 0.2) is 12.7 Å². The summed E-state index contributed by atoms with van der Waals surface area (Å²) in [6.45, 7) is 4.80. The zero-order valence-corrected chi connectivity index (χ0v) is 10.1. The van der Waals surface area contributed by atoms with Gasteiger partial charge in [0, 0.05) is 12.5 Å². The van der Waals surface area contributed by atoms with Crippen molar-refractivity contribution >= 4 is 18.4 Å². The third-order valence-corrected chi connectivity index (χ3v) is 1.38. The molecular formula is C9H22ClN2O2+. The fourth-order valence-electron chi connectivity index (χ4n) is 0.771. The van der Waals surface area contributed by atoms with Crippen molar-refractivity contribution in [3.63, 3.8) is 0 Å². The molecule has 0 unspecified atom stereocenters. The van der Waals surface area contributed by atoms with Gasteiger partial charge in [0.15, 0.2) is 0 Å². The Kier molecular flexibility index (Phi) is 12.2. The van der Waals surface area contributed by atoms with Crippen LogP contribution in [0.2, 0.25) is 0 Å². The Labute approximate surface area is 92.5 Å². The van der Waals surface area contributed by atoms with Crippen LogP contribution in [0.1, 0.15) is 6.42 Å². The monoisotopic (exact) mass is 225 g/mol. The lowest BCUT2D eigenvalue weighted by molar-refractivity contribution is -0.870. The van der Waals surface area contributed by atoms with Crippen LogP contribution in [-0.4, -0.2) is 44.7 Å². The third kappa shape index (κ3) is 14.0. The molecule has 0 aromatic rings. The number of esters is 1. The number of carbonyl (C=O) groups is 1. The molecule has 0 atom stereocenters. The molecule has 0 heterocycles. The van der Waals surface area contributed by atoms with Crippen LogP contribution < -0.4 is 6.15 Å². The fraction of sp³-hybridized carbons (Fsp3) is 0.667. The molecule has 0 aromatic carbocycles. The van der Waals surface area contributed by atoms with Crippen LogP contribution in [0.25, 0.3) is 0 Å². The van der Waals surface area contributed by atoms with Gasteiger partial charge in [-0.3, -0.25) is 0 Å². The molecule has 3 N–H and O–H groups in total. The molecule has 0 aliphatic carbocycles. The number of nitrogens with zero attached hydrogens (tertiary/aromatic N) is 1. The summed E-state index contributed by atoms with van der Waals surface area (Å²) in [5.41, 5.74) is 0. The lowest BCUT2D eigenvalue weighted by atomic mass is 10.4. The highest BCUT2D eigenvalue weighted by Crippen LogP contribution is 1.94. The summed E-state index contributed by atoms with van der Waals surface area (Å²) in [5.74, 6) is -0.337. The lowest BCUT2D eigenvalue weighted by Gasteiger charge is -2.23. The van der Waals surface area contributed by atoms with Gasteiger partial charge in [0.05, 0.1) is 34.3 Å². The van der Waals surface area contributed by atoms with Crippen molar-refractivity contribution in [3.8, 4) is 0 Å². The highest BCUT2D eigenvalue weighted by molar-refractivity contribution is 5.85. The van der Waals surface area contributed by atoms with Gasteiger partial charge in [0.2, 0.25) is 0 Å².